The van der Waals surface area contributed by atoms with Gasteiger partial charge in [0.05, 0.1) is 0 Å². The Labute approximate surface area is 90.2 Å². The Morgan fingerprint density at radius 2 is 2.29 bits per heavy atom. The molecule has 0 fully saturated rings. The Morgan fingerprint density at radius 3 is 2.86 bits per heavy atom. The van der Waals surface area contributed by atoms with Gasteiger partial charge >= 0.3 is 0 Å². The van der Waals surface area contributed by atoms with Gasteiger partial charge in [0.1, 0.15) is 6.29 Å². The van der Waals surface area contributed by atoms with Crippen LogP contribution in [0.25, 0.3) is 0 Å². The maximum Gasteiger partial charge on any atom is 0.128 e. The molecule has 0 N–H and O–H groups in total. The molecule has 0 radical (unpaired) electrons. The molecule has 2 heteroatoms. The minimum Gasteiger partial charge on any atom is -0.303 e. The number of carbonyl (C=O) groups excluding carboxylic acids is 1. The predicted octanol–water partition coefficient (Wildman–Crippen LogP) is 4.00. The summed E-state index contributed by atoms with van der Waals surface area (Å²) in [6, 6.07) is 4.08. The Bertz CT molecular complexity index is 241. The van der Waals surface area contributed by atoms with E-state index in [0.29, 0.717) is 0 Å². The second-order valence-corrected chi connectivity index (χ2v) is 4.59. The van der Waals surface area contributed by atoms with Crippen molar-refractivity contribution in [3.05, 3.63) is 22.4 Å². The number of aldehydes is 1. The zero-order valence-electron chi connectivity index (χ0n) is 8.74. The van der Waals surface area contributed by atoms with E-state index in [-0.39, 0.29) is 5.92 Å². The van der Waals surface area contributed by atoms with Gasteiger partial charge in [0.2, 0.25) is 0 Å². The van der Waals surface area contributed by atoms with E-state index in [1.54, 1.807) is 11.3 Å². The highest BCUT2D eigenvalue weighted by molar-refractivity contribution is 7.10. The molecule has 14 heavy (non-hydrogen) atoms. The molecule has 0 aliphatic heterocycles. The van der Waals surface area contributed by atoms with Gasteiger partial charge < -0.3 is 4.79 Å². The maximum atomic E-state index is 10.9. The molecule has 1 heterocycles. The molecule has 0 saturated heterocycles. The maximum absolute atomic E-state index is 10.9. The summed E-state index contributed by atoms with van der Waals surface area (Å²) >= 11 is 1.69. The average molecular weight is 210 g/mol. The first kappa shape index (κ1) is 11.4. The first-order valence-corrected chi connectivity index (χ1v) is 6.25. The highest BCUT2D eigenvalue weighted by atomic mass is 32.1. The molecular formula is C12H18OS. The molecular weight excluding hydrogens is 192 g/mol. The lowest BCUT2D eigenvalue weighted by molar-refractivity contribution is -0.109. The molecule has 1 rings (SSSR count). The van der Waals surface area contributed by atoms with E-state index in [9.17, 15) is 4.79 Å². The van der Waals surface area contributed by atoms with Crippen LogP contribution in [0.3, 0.4) is 0 Å². The summed E-state index contributed by atoms with van der Waals surface area (Å²) in [6.45, 7) is 2.20. The van der Waals surface area contributed by atoms with Crippen molar-refractivity contribution in [1.82, 2.24) is 0 Å². The van der Waals surface area contributed by atoms with E-state index in [0.717, 1.165) is 12.7 Å². The van der Waals surface area contributed by atoms with Gasteiger partial charge in [0.25, 0.3) is 0 Å². The lowest BCUT2D eigenvalue weighted by Gasteiger charge is -2.06. The minimum atomic E-state index is 0.145. The molecule has 1 aromatic rings. The summed E-state index contributed by atoms with van der Waals surface area (Å²) in [7, 11) is 0. The SMILES string of the molecule is CCCCCC[C@H](C=O)c1cccs1. The van der Waals surface area contributed by atoms with Gasteiger partial charge in [-0.05, 0) is 17.9 Å². The molecule has 0 amide bonds. The summed E-state index contributed by atoms with van der Waals surface area (Å²) in [4.78, 5) is 12.1. The molecule has 1 aromatic heterocycles. The number of hydrogen-bond donors (Lipinski definition) is 0. The molecule has 0 aromatic carbocycles. The second-order valence-electron chi connectivity index (χ2n) is 3.61. The van der Waals surface area contributed by atoms with Crippen LogP contribution in [0.2, 0.25) is 0 Å². The Kier molecular flexibility index (Phi) is 5.53. The zero-order chi connectivity index (χ0) is 10.2. The van der Waals surface area contributed by atoms with Crippen molar-refractivity contribution in [3.63, 3.8) is 0 Å². The molecule has 1 atom stereocenters. The minimum absolute atomic E-state index is 0.145. The molecule has 0 spiro atoms. The first-order chi connectivity index (χ1) is 6.88. The monoisotopic (exact) mass is 210 g/mol. The Balaban J connectivity index is 2.29. The van der Waals surface area contributed by atoms with E-state index in [2.05, 4.69) is 13.0 Å². The van der Waals surface area contributed by atoms with Gasteiger partial charge in [-0.15, -0.1) is 11.3 Å². The van der Waals surface area contributed by atoms with E-state index in [1.807, 2.05) is 11.4 Å². The van der Waals surface area contributed by atoms with Gasteiger partial charge in [0, 0.05) is 10.8 Å². The standard InChI is InChI=1S/C12H18OS/c1-2-3-4-5-7-11(10-13)12-8-6-9-14-12/h6,8-11H,2-5,7H2,1H3/t11-/m1/s1. The van der Waals surface area contributed by atoms with Gasteiger partial charge in [-0.3, -0.25) is 0 Å². The third-order valence-corrected chi connectivity index (χ3v) is 3.45. The van der Waals surface area contributed by atoms with Crippen LogP contribution in [0, 0.1) is 0 Å². The fraction of sp³-hybridized carbons (Fsp3) is 0.583. The van der Waals surface area contributed by atoms with Gasteiger partial charge in [-0.25, -0.2) is 0 Å². The van der Waals surface area contributed by atoms with Crippen molar-refractivity contribution in [1.29, 1.82) is 0 Å². The third kappa shape index (κ3) is 3.62. The van der Waals surface area contributed by atoms with E-state index in [1.165, 1.54) is 30.6 Å². The van der Waals surface area contributed by atoms with Crippen LogP contribution in [0.1, 0.15) is 49.8 Å². The Hall–Kier alpha value is -0.630. The van der Waals surface area contributed by atoms with E-state index < -0.39 is 0 Å². The lowest BCUT2D eigenvalue weighted by Crippen LogP contribution is -1.97. The first-order valence-electron chi connectivity index (χ1n) is 5.37. The quantitative estimate of drug-likeness (QED) is 0.491. The summed E-state index contributed by atoms with van der Waals surface area (Å²) in [5, 5.41) is 2.04. The summed E-state index contributed by atoms with van der Waals surface area (Å²) < 4.78 is 0. The fourth-order valence-electron chi connectivity index (χ4n) is 1.57. The van der Waals surface area contributed by atoms with Crippen molar-refractivity contribution in [3.8, 4) is 0 Å². The molecule has 0 unspecified atom stereocenters. The largest absolute Gasteiger partial charge is 0.303 e. The van der Waals surface area contributed by atoms with E-state index in [4.69, 9.17) is 0 Å². The average Bonchev–Trinajstić information content (AvgIpc) is 2.71. The van der Waals surface area contributed by atoms with Gasteiger partial charge in [-0.1, -0.05) is 38.7 Å². The molecule has 0 aliphatic carbocycles. The van der Waals surface area contributed by atoms with Crippen LogP contribution < -0.4 is 0 Å². The highest BCUT2D eigenvalue weighted by Gasteiger charge is 2.10. The third-order valence-electron chi connectivity index (χ3n) is 2.44. The molecule has 1 nitrogen and oxygen atoms in total. The fourth-order valence-corrected chi connectivity index (χ4v) is 2.39. The number of carbonyl (C=O) groups is 1. The normalized spacial score (nSPS) is 12.6. The molecule has 0 saturated carbocycles. The molecule has 0 aliphatic rings. The van der Waals surface area contributed by atoms with Crippen molar-refractivity contribution < 1.29 is 4.79 Å². The topological polar surface area (TPSA) is 17.1 Å². The lowest BCUT2D eigenvalue weighted by atomic mass is 10.0. The van der Waals surface area contributed by atoms with Crippen LogP contribution in [-0.4, -0.2) is 6.29 Å². The highest BCUT2D eigenvalue weighted by Crippen LogP contribution is 2.24. The van der Waals surface area contributed by atoms with Gasteiger partial charge in [-0.2, -0.15) is 0 Å². The van der Waals surface area contributed by atoms with Crippen molar-refractivity contribution in [2.45, 2.75) is 44.9 Å². The summed E-state index contributed by atoms with van der Waals surface area (Å²) in [5.74, 6) is 0.145. The summed E-state index contributed by atoms with van der Waals surface area (Å²) in [5.41, 5.74) is 0. The number of unbranched alkanes of at least 4 members (excludes halogenated alkanes) is 3. The van der Waals surface area contributed by atoms with Crippen LogP contribution in [0.4, 0.5) is 0 Å². The second kappa shape index (κ2) is 6.77. The van der Waals surface area contributed by atoms with Gasteiger partial charge in [0.15, 0.2) is 0 Å². The van der Waals surface area contributed by atoms with Crippen molar-refractivity contribution in [2.24, 2.45) is 0 Å². The smallest absolute Gasteiger partial charge is 0.128 e. The zero-order valence-corrected chi connectivity index (χ0v) is 9.56. The predicted molar refractivity (Wildman–Crippen MR) is 61.9 cm³/mol. The number of rotatable bonds is 7. The molecule has 0 bridgehead atoms. The number of hydrogen-bond acceptors (Lipinski definition) is 2. The van der Waals surface area contributed by atoms with E-state index >= 15 is 0 Å². The van der Waals surface area contributed by atoms with Crippen LogP contribution in [0.15, 0.2) is 17.5 Å². The number of thiophene rings is 1. The Morgan fingerprint density at radius 1 is 1.43 bits per heavy atom. The molecule has 78 valence electrons. The van der Waals surface area contributed by atoms with Crippen LogP contribution >= 0.6 is 11.3 Å². The van der Waals surface area contributed by atoms with Crippen molar-refractivity contribution in [2.75, 3.05) is 0 Å². The summed E-state index contributed by atoms with van der Waals surface area (Å²) in [6.07, 6.45) is 7.09. The van der Waals surface area contributed by atoms with Crippen LogP contribution in [0.5, 0.6) is 0 Å². The van der Waals surface area contributed by atoms with Crippen LogP contribution in [-0.2, 0) is 4.79 Å². The van der Waals surface area contributed by atoms with Crippen molar-refractivity contribution >= 4 is 17.6 Å².